The minimum atomic E-state index is -3.13. The lowest BCUT2D eigenvalue weighted by molar-refractivity contribution is 0.405. The fourth-order valence-electron chi connectivity index (χ4n) is 0. The van der Waals surface area contributed by atoms with Crippen molar-refractivity contribution in [2.45, 2.75) is 0 Å². The molecule has 6 nitrogen and oxygen atoms in total. The molecular weight excluding hydrogens is 156 g/mol. The van der Waals surface area contributed by atoms with Crippen LogP contribution in [0.15, 0.2) is 0 Å². The van der Waals surface area contributed by atoms with E-state index in [1.54, 1.807) is 0 Å². The van der Waals surface area contributed by atoms with Crippen LogP contribution in [0.1, 0.15) is 0 Å². The first kappa shape index (κ1) is 11.3. The van der Waals surface area contributed by atoms with Crippen LogP contribution in [0.4, 0.5) is 0 Å². The summed E-state index contributed by atoms with van der Waals surface area (Å²) in [5.41, 5.74) is 4.29. The Morgan fingerprint density at radius 2 is 1.38 bits per heavy atom. The van der Waals surface area contributed by atoms with Crippen molar-refractivity contribution in [2.75, 3.05) is 0 Å². The first-order chi connectivity index (χ1) is 3.46. The lowest BCUT2D eigenvalue weighted by atomic mass is 13.9. The van der Waals surface area contributed by atoms with Gasteiger partial charge < -0.3 is 19.6 Å². The predicted octanol–water partition coefficient (Wildman–Crippen LogP) is -1.48. The van der Waals surface area contributed by atoms with Crippen LogP contribution in [0.2, 0.25) is 0 Å². The third-order valence-corrected chi connectivity index (χ3v) is 0. The van der Waals surface area contributed by atoms with Gasteiger partial charge in [0.1, 0.15) is 0 Å². The Hall–Kier alpha value is 0.460. The Labute approximate surface area is 47.5 Å². The monoisotopic (exact) mass is 163 g/mol. The third-order valence-electron chi connectivity index (χ3n) is 0. The molecule has 0 bridgehead atoms. The van der Waals surface area contributed by atoms with Gasteiger partial charge in [-0.05, 0) is 0 Å². The van der Waals surface area contributed by atoms with Gasteiger partial charge in [0.25, 0.3) is 0 Å². The Balaban J connectivity index is 0. The molecule has 0 rings (SSSR count). The molecule has 0 aliphatic rings. The SMILES string of the molecule is NP(O)O.O=[PH](O)O. The number of hydrogen-bond donors (Lipinski definition) is 5. The normalized spacial score (nSPS) is 8.88. The maximum Gasteiger partial charge on any atom is 0.314 e. The van der Waals surface area contributed by atoms with E-state index in [9.17, 15) is 0 Å². The summed E-state index contributed by atoms with van der Waals surface area (Å²) in [6.07, 6.45) is 0. The molecule has 0 spiro atoms. The summed E-state index contributed by atoms with van der Waals surface area (Å²) in [6, 6.07) is 0. The zero-order valence-corrected chi connectivity index (χ0v) is 5.62. The number of nitrogens with two attached hydrogens (primary N) is 1. The topological polar surface area (TPSA) is 124 Å². The second-order valence-corrected chi connectivity index (χ2v) is 1.81. The molecule has 0 atom stereocenters. The predicted molar refractivity (Wildman–Crippen MR) is 29.0 cm³/mol. The van der Waals surface area contributed by atoms with Crippen molar-refractivity contribution >= 4 is 16.8 Å². The van der Waals surface area contributed by atoms with Gasteiger partial charge in [0.2, 0.25) is 8.53 Å². The second kappa shape index (κ2) is 7.46. The van der Waals surface area contributed by atoms with E-state index in [1.165, 1.54) is 0 Å². The van der Waals surface area contributed by atoms with Crippen molar-refractivity contribution in [3.8, 4) is 0 Å². The molecule has 8 heteroatoms. The highest BCUT2D eigenvalue weighted by Gasteiger charge is 1.72. The van der Waals surface area contributed by atoms with Crippen LogP contribution < -0.4 is 5.50 Å². The Morgan fingerprint density at radius 3 is 1.38 bits per heavy atom. The first-order valence-electron chi connectivity index (χ1n) is 1.31. The van der Waals surface area contributed by atoms with E-state index in [0.29, 0.717) is 0 Å². The zero-order chi connectivity index (χ0) is 7.15. The van der Waals surface area contributed by atoms with E-state index in [1.807, 2.05) is 0 Å². The van der Waals surface area contributed by atoms with Gasteiger partial charge in [0, 0.05) is 0 Å². The molecule has 0 radical (unpaired) electrons. The molecule has 0 saturated heterocycles. The summed E-state index contributed by atoms with van der Waals surface area (Å²) in [7, 11) is -5.25. The molecule has 0 aromatic heterocycles. The molecule has 0 aliphatic carbocycles. The van der Waals surface area contributed by atoms with E-state index < -0.39 is 16.8 Å². The van der Waals surface area contributed by atoms with Crippen LogP contribution in [0.25, 0.3) is 0 Å². The van der Waals surface area contributed by atoms with Crippen LogP contribution >= 0.6 is 16.8 Å². The largest absolute Gasteiger partial charge is 0.338 e. The maximum atomic E-state index is 8.74. The average Bonchev–Trinajstić information content (AvgIpc) is 1.25. The van der Waals surface area contributed by atoms with Crippen molar-refractivity contribution in [3.63, 3.8) is 0 Å². The van der Waals surface area contributed by atoms with Gasteiger partial charge in [-0.15, -0.1) is 0 Å². The number of hydrogen-bond acceptors (Lipinski definition) is 4. The molecule has 0 aliphatic heterocycles. The highest BCUT2D eigenvalue weighted by atomic mass is 31.2. The van der Waals surface area contributed by atoms with Crippen molar-refractivity contribution in [1.82, 2.24) is 0 Å². The second-order valence-electron chi connectivity index (χ2n) is 0.603. The molecule has 8 heavy (non-hydrogen) atoms. The van der Waals surface area contributed by atoms with E-state index in [-0.39, 0.29) is 0 Å². The van der Waals surface area contributed by atoms with Gasteiger partial charge in [-0.25, -0.2) is 0 Å². The summed E-state index contributed by atoms with van der Waals surface area (Å²) >= 11 is 0. The Kier molecular flexibility index (Phi) is 10.5. The summed E-state index contributed by atoms with van der Waals surface area (Å²) in [6.45, 7) is 0. The minimum absolute atomic E-state index is 2.12. The van der Waals surface area contributed by atoms with E-state index in [0.717, 1.165) is 0 Å². The van der Waals surface area contributed by atoms with Gasteiger partial charge in [-0.1, -0.05) is 0 Å². The molecule has 0 fully saturated rings. The van der Waals surface area contributed by atoms with Crippen molar-refractivity contribution in [1.29, 1.82) is 0 Å². The molecule has 0 amide bonds. The van der Waals surface area contributed by atoms with Crippen LogP contribution in [0, 0.1) is 0 Å². The van der Waals surface area contributed by atoms with Gasteiger partial charge in [-0.3, -0.25) is 10.1 Å². The minimum Gasteiger partial charge on any atom is -0.338 e. The van der Waals surface area contributed by atoms with Gasteiger partial charge in [0.05, 0.1) is 0 Å². The van der Waals surface area contributed by atoms with E-state index in [4.69, 9.17) is 24.1 Å². The summed E-state index contributed by atoms with van der Waals surface area (Å²) in [4.78, 5) is 29.2. The smallest absolute Gasteiger partial charge is 0.314 e. The molecule has 0 aromatic rings. The summed E-state index contributed by atoms with van der Waals surface area (Å²) in [5, 5.41) is 0. The molecule has 0 unspecified atom stereocenters. The Morgan fingerprint density at radius 1 is 1.38 bits per heavy atom. The van der Waals surface area contributed by atoms with Crippen molar-refractivity contribution in [3.05, 3.63) is 0 Å². The van der Waals surface area contributed by atoms with Crippen molar-refractivity contribution in [2.24, 2.45) is 5.50 Å². The highest BCUT2D eigenvalue weighted by Crippen LogP contribution is 2.05. The molecular formula is H7NO5P2. The fraction of sp³-hybridized carbons (Fsp3) is 0. The highest BCUT2D eigenvalue weighted by molar-refractivity contribution is 7.42. The summed E-state index contributed by atoms with van der Waals surface area (Å²) < 4.78 is 8.74. The van der Waals surface area contributed by atoms with Crippen LogP contribution in [-0.4, -0.2) is 19.6 Å². The number of rotatable bonds is 0. The molecule has 52 valence electrons. The van der Waals surface area contributed by atoms with Gasteiger partial charge in [-0.2, -0.15) is 0 Å². The van der Waals surface area contributed by atoms with E-state index in [2.05, 4.69) is 5.50 Å². The average molecular weight is 163 g/mol. The van der Waals surface area contributed by atoms with Crippen LogP contribution in [0.3, 0.4) is 0 Å². The van der Waals surface area contributed by atoms with Gasteiger partial charge >= 0.3 is 8.25 Å². The van der Waals surface area contributed by atoms with Crippen LogP contribution in [0.5, 0.6) is 0 Å². The third kappa shape index (κ3) is 910. The molecule has 0 aromatic carbocycles. The lowest BCUT2D eigenvalue weighted by Crippen LogP contribution is -1.78. The standard InChI is InChI=1S/H4NO2P.H3O3P/c2*1-4(2)3/h2-3H,1H2;4H,(H2,1,2,3). The lowest BCUT2D eigenvalue weighted by Gasteiger charge is -1.79. The van der Waals surface area contributed by atoms with Crippen molar-refractivity contribution < 1.29 is 24.1 Å². The van der Waals surface area contributed by atoms with Gasteiger partial charge in [0.15, 0.2) is 0 Å². The zero-order valence-electron chi connectivity index (χ0n) is 3.72. The van der Waals surface area contributed by atoms with Crippen LogP contribution in [-0.2, 0) is 4.57 Å². The quantitative estimate of drug-likeness (QED) is 0.277. The van der Waals surface area contributed by atoms with E-state index >= 15 is 0 Å². The maximum absolute atomic E-state index is 8.74. The first-order valence-corrected chi connectivity index (χ1v) is 3.93. The summed E-state index contributed by atoms with van der Waals surface area (Å²) in [5.74, 6) is 0. The fourth-order valence-corrected chi connectivity index (χ4v) is 0. The molecule has 0 heterocycles. The Bertz CT molecular complexity index is 54.7. The molecule has 0 saturated carbocycles. The molecule has 6 N–H and O–H groups in total.